The van der Waals surface area contributed by atoms with Crippen LogP contribution < -0.4 is 5.32 Å². The average molecular weight is 176 g/mol. The molecule has 4 heteroatoms. The normalized spacial score (nSPS) is 9.73. The molecule has 0 fully saturated rings. The Balaban J connectivity index is 3.60. The Morgan fingerprint density at radius 1 is 1.55 bits per heavy atom. The van der Waals surface area contributed by atoms with Crippen LogP contribution in [0.2, 0.25) is 0 Å². The first-order valence-corrected chi connectivity index (χ1v) is 4.64. The highest BCUT2D eigenvalue weighted by Crippen LogP contribution is 1.91. The molecule has 11 heavy (non-hydrogen) atoms. The second-order valence-corrected chi connectivity index (χ2v) is 2.98. The first kappa shape index (κ1) is 10.9. The molecule has 0 aliphatic carbocycles. The summed E-state index contributed by atoms with van der Waals surface area (Å²) in [6, 6.07) is 0. The highest BCUT2D eigenvalue weighted by atomic mass is 31.0. The van der Waals surface area contributed by atoms with E-state index in [1.54, 1.807) is 6.92 Å². The van der Waals surface area contributed by atoms with Crippen molar-refractivity contribution >= 4 is 15.1 Å². The largest absolute Gasteiger partial charge is 0.341 e. The summed E-state index contributed by atoms with van der Waals surface area (Å²) in [4.78, 5) is 12.8. The molecule has 0 spiro atoms. The van der Waals surface area contributed by atoms with E-state index in [-0.39, 0.29) is 5.91 Å². The van der Waals surface area contributed by atoms with Crippen LogP contribution in [-0.4, -0.2) is 43.7 Å². The van der Waals surface area contributed by atoms with E-state index in [2.05, 4.69) is 14.6 Å². The lowest BCUT2D eigenvalue weighted by atomic mass is 10.4. The molecule has 1 unspecified atom stereocenters. The minimum absolute atomic E-state index is 0.155. The van der Waals surface area contributed by atoms with Gasteiger partial charge in [-0.3, -0.25) is 4.79 Å². The van der Waals surface area contributed by atoms with Crippen LogP contribution in [0.1, 0.15) is 6.92 Å². The third kappa shape index (κ3) is 5.16. The van der Waals surface area contributed by atoms with Crippen LogP contribution >= 0.6 is 9.24 Å². The van der Waals surface area contributed by atoms with Crippen molar-refractivity contribution in [2.75, 3.05) is 32.8 Å². The first-order valence-electron chi connectivity index (χ1n) is 3.82. The zero-order valence-corrected chi connectivity index (χ0v) is 8.42. The summed E-state index contributed by atoms with van der Waals surface area (Å²) >= 11 is 0. The van der Waals surface area contributed by atoms with Gasteiger partial charge in [-0.2, -0.15) is 0 Å². The molecule has 3 nitrogen and oxygen atoms in total. The molecule has 0 saturated heterocycles. The average Bonchev–Trinajstić information content (AvgIpc) is 1.97. The van der Waals surface area contributed by atoms with Crippen molar-refractivity contribution < 1.29 is 4.79 Å². The molecule has 66 valence electrons. The van der Waals surface area contributed by atoms with Gasteiger partial charge < -0.3 is 10.2 Å². The molecule has 0 rings (SSSR count). The van der Waals surface area contributed by atoms with E-state index in [0.717, 1.165) is 25.8 Å². The maximum atomic E-state index is 10.9. The molecular weight excluding hydrogens is 159 g/mol. The van der Waals surface area contributed by atoms with E-state index in [1.807, 2.05) is 11.9 Å². The number of likely N-dealkylation sites (N-methyl/N-ethyl adjacent to an activating group) is 1. The van der Waals surface area contributed by atoms with Gasteiger partial charge in [0.05, 0.1) is 0 Å². The molecule has 0 aliphatic heterocycles. The summed E-state index contributed by atoms with van der Waals surface area (Å²) in [5.74, 6) is 0.155. The standard InChI is InChI=1S/C7H17N2OP/c1-7(10)9(5-6-11)4-3-8-2/h8H,3-6,11H2,1-2H3. The fourth-order valence-electron chi connectivity index (χ4n) is 0.829. The van der Waals surface area contributed by atoms with Gasteiger partial charge in [0.25, 0.3) is 0 Å². The Morgan fingerprint density at radius 2 is 2.18 bits per heavy atom. The molecule has 0 aromatic carbocycles. The number of rotatable bonds is 5. The van der Waals surface area contributed by atoms with Gasteiger partial charge in [0.2, 0.25) is 5.91 Å². The third-order valence-electron chi connectivity index (χ3n) is 1.48. The summed E-state index contributed by atoms with van der Waals surface area (Å²) in [5, 5.41) is 3.01. The van der Waals surface area contributed by atoms with Gasteiger partial charge >= 0.3 is 0 Å². The first-order chi connectivity index (χ1) is 5.22. The topological polar surface area (TPSA) is 32.3 Å². The fourth-order valence-corrected chi connectivity index (χ4v) is 1.14. The lowest BCUT2D eigenvalue weighted by Gasteiger charge is -2.19. The molecule has 0 radical (unpaired) electrons. The van der Waals surface area contributed by atoms with Crippen molar-refractivity contribution in [3.63, 3.8) is 0 Å². The number of amides is 1. The SMILES string of the molecule is CNCCN(CCP)C(C)=O. The number of hydrogen-bond acceptors (Lipinski definition) is 2. The van der Waals surface area contributed by atoms with Crippen LogP contribution in [0.5, 0.6) is 0 Å². The molecule has 0 bridgehead atoms. The molecule has 1 N–H and O–H groups in total. The van der Waals surface area contributed by atoms with E-state index >= 15 is 0 Å². The van der Waals surface area contributed by atoms with Crippen molar-refractivity contribution in [3.05, 3.63) is 0 Å². The smallest absolute Gasteiger partial charge is 0.219 e. The van der Waals surface area contributed by atoms with Gasteiger partial charge in [-0.25, -0.2) is 0 Å². The second-order valence-electron chi connectivity index (χ2n) is 2.40. The van der Waals surface area contributed by atoms with Gasteiger partial charge in [-0.05, 0) is 13.2 Å². The van der Waals surface area contributed by atoms with E-state index in [9.17, 15) is 4.79 Å². The number of nitrogens with one attached hydrogen (secondary N) is 1. The lowest BCUT2D eigenvalue weighted by molar-refractivity contribution is -0.128. The summed E-state index contributed by atoms with van der Waals surface area (Å²) in [5.41, 5.74) is 0. The predicted octanol–water partition coefficient (Wildman–Crippen LogP) is -0.0706. The molecule has 0 saturated carbocycles. The molecule has 0 heterocycles. The Hall–Kier alpha value is -0.140. The van der Waals surface area contributed by atoms with Crippen molar-refractivity contribution in [3.8, 4) is 0 Å². The number of hydrogen-bond donors (Lipinski definition) is 1. The van der Waals surface area contributed by atoms with Gasteiger partial charge in [0.15, 0.2) is 0 Å². The zero-order valence-electron chi connectivity index (χ0n) is 7.26. The Labute approximate surface area is 70.7 Å². The quantitative estimate of drug-likeness (QED) is 0.595. The third-order valence-corrected chi connectivity index (χ3v) is 1.73. The molecule has 0 aliphatic rings. The summed E-state index contributed by atoms with van der Waals surface area (Å²) in [6.45, 7) is 4.11. The van der Waals surface area contributed by atoms with Crippen LogP contribution in [0.25, 0.3) is 0 Å². The van der Waals surface area contributed by atoms with Crippen LogP contribution in [0.4, 0.5) is 0 Å². The number of carbonyl (C=O) groups is 1. The molecule has 0 aromatic rings. The predicted molar refractivity (Wildman–Crippen MR) is 50.8 cm³/mol. The summed E-state index contributed by atoms with van der Waals surface area (Å²) in [6.07, 6.45) is 0.948. The van der Waals surface area contributed by atoms with E-state index < -0.39 is 0 Å². The monoisotopic (exact) mass is 176 g/mol. The summed E-state index contributed by atoms with van der Waals surface area (Å²) < 4.78 is 0. The molecule has 0 aromatic heterocycles. The Kier molecular flexibility index (Phi) is 6.48. The highest BCUT2D eigenvalue weighted by molar-refractivity contribution is 7.16. The van der Waals surface area contributed by atoms with Crippen LogP contribution in [0, 0.1) is 0 Å². The van der Waals surface area contributed by atoms with Gasteiger partial charge in [0, 0.05) is 26.6 Å². The number of carbonyl (C=O) groups excluding carboxylic acids is 1. The molecule has 1 atom stereocenters. The van der Waals surface area contributed by atoms with Crippen molar-refractivity contribution in [1.29, 1.82) is 0 Å². The van der Waals surface area contributed by atoms with E-state index in [1.165, 1.54) is 0 Å². The van der Waals surface area contributed by atoms with E-state index in [4.69, 9.17) is 0 Å². The van der Waals surface area contributed by atoms with Gasteiger partial charge in [0.1, 0.15) is 0 Å². The van der Waals surface area contributed by atoms with Crippen LogP contribution in [0.3, 0.4) is 0 Å². The lowest BCUT2D eigenvalue weighted by Crippen LogP contribution is -2.35. The second kappa shape index (κ2) is 6.56. The fraction of sp³-hybridized carbons (Fsp3) is 0.857. The molecular formula is C7H17N2OP. The van der Waals surface area contributed by atoms with Crippen LogP contribution in [0.15, 0.2) is 0 Å². The minimum Gasteiger partial charge on any atom is -0.341 e. The van der Waals surface area contributed by atoms with Crippen molar-refractivity contribution in [2.45, 2.75) is 6.92 Å². The Morgan fingerprint density at radius 3 is 2.55 bits per heavy atom. The van der Waals surface area contributed by atoms with Crippen LogP contribution in [-0.2, 0) is 4.79 Å². The number of nitrogens with zero attached hydrogens (tertiary/aromatic N) is 1. The maximum Gasteiger partial charge on any atom is 0.219 e. The molecule has 1 amide bonds. The van der Waals surface area contributed by atoms with E-state index in [0.29, 0.717) is 0 Å². The maximum absolute atomic E-state index is 10.9. The van der Waals surface area contributed by atoms with Crippen molar-refractivity contribution in [1.82, 2.24) is 10.2 Å². The van der Waals surface area contributed by atoms with Crippen molar-refractivity contribution in [2.24, 2.45) is 0 Å². The van der Waals surface area contributed by atoms with Gasteiger partial charge in [-0.1, -0.05) is 0 Å². The highest BCUT2D eigenvalue weighted by Gasteiger charge is 2.04. The zero-order chi connectivity index (χ0) is 8.69. The summed E-state index contributed by atoms with van der Waals surface area (Å²) in [7, 11) is 4.51. The Bertz CT molecular complexity index is 119. The van der Waals surface area contributed by atoms with Gasteiger partial charge in [-0.15, -0.1) is 9.24 Å². The minimum atomic E-state index is 0.155.